The van der Waals surface area contributed by atoms with Gasteiger partial charge in [0.2, 0.25) is 5.91 Å². The molecule has 0 aliphatic rings. The zero-order valence-electron chi connectivity index (χ0n) is 13.6. The van der Waals surface area contributed by atoms with Crippen molar-refractivity contribution in [3.8, 4) is 0 Å². The summed E-state index contributed by atoms with van der Waals surface area (Å²) in [5.41, 5.74) is 3.11. The predicted molar refractivity (Wildman–Crippen MR) is 99.7 cm³/mol. The minimum absolute atomic E-state index is 0.00111. The van der Waals surface area contributed by atoms with E-state index in [1.54, 1.807) is 0 Å². The fourth-order valence-electron chi connectivity index (χ4n) is 2.71. The van der Waals surface area contributed by atoms with E-state index < -0.39 is 0 Å². The standard InChI is InChI=1S/C19H20BrN3O/c1-13(14-6-4-7-15(20)12-14)21-19(24)11-5-10-18-22-16-8-2-3-9-17(16)23-18/h2-4,6-9,12-13H,5,10-11H2,1H3,(H,21,24)(H,22,23)/t13-/m1/s1. The second-order valence-corrected chi connectivity index (χ2v) is 6.81. The van der Waals surface area contributed by atoms with Gasteiger partial charge in [-0.05, 0) is 43.2 Å². The van der Waals surface area contributed by atoms with Crippen LogP contribution >= 0.6 is 15.9 Å². The molecule has 0 saturated carbocycles. The predicted octanol–water partition coefficient (Wildman–Crippen LogP) is 4.53. The highest BCUT2D eigenvalue weighted by Crippen LogP contribution is 2.18. The molecule has 4 nitrogen and oxygen atoms in total. The number of hydrogen-bond acceptors (Lipinski definition) is 2. The number of para-hydroxylation sites is 2. The summed E-state index contributed by atoms with van der Waals surface area (Å²) in [5, 5.41) is 3.05. The zero-order chi connectivity index (χ0) is 16.9. The van der Waals surface area contributed by atoms with Crippen LogP contribution in [-0.4, -0.2) is 15.9 Å². The molecule has 2 N–H and O–H groups in total. The number of benzene rings is 2. The molecule has 5 heteroatoms. The van der Waals surface area contributed by atoms with Crippen LogP contribution in [0.15, 0.2) is 53.0 Å². The molecule has 0 unspecified atom stereocenters. The molecular formula is C19H20BrN3O. The highest BCUT2D eigenvalue weighted by atomic mass is 79.9. The molecule has 0 fully saturated rings. The fraction of sp³-hybridized carbons (Fsp3) is 0.263. The van der Waals surface area contributed by atoms with Crippen molar-refractivity contribution in [1.82, 2.24) is 15.3 Å². The Bertz CT molecular complexity index is 810. The maximum atomic E-state index is 12.1. The van der Waals surface area contributed by atoms with Gasteiger partial charge in [-0.3, -0.25) is 4.79 Å². The van der Waals surface area contributed by atoms with Gasteiger partial charge in [0, 0.05) is 17.3 Å². The third kappa shape index (κ3) is 4.23. The van der Waals surface area contributed by atoms with Crippen LogP contribution in [0.4, 0.5) is 0 Å². The van der Waals surface area contributed by atoms with Gasteiger partial charge in [-0.25, -0.2) is 4.98 Å². The molecule has 2 aromatic carbocycles. The number of hydrogen-bond donors (Lipinski definition) is 2. The van der Waals surface area contributed by atoms with Crippen LogP contribution in [0.2, 0.25) is 0 Å². The van der Waals surface area contributed by atoms with Gasteiger partial charge in [0.25, 0.3) is 0 Å². The number of carbonyl (C=O) groups is 1. The molecule has 1 heterocycles. The van der Waals surface area contributed by atoms with E-state index in [1.807, 2.05) is 55.5 Å². The number of aryl methyl sites for hydroxylation is 1. The molecule has 3 aromatic rings. The summed E-state index contributed by atoms with van der Waals surface area (Å²) in [6, 6.07) is 16.0. The first-order valence-corrected chi connectivity index (χ1v) is 8.89. The average molecular weight is 386 g/mol. The lowest BCUT2D eigenvalue weighted by molar-refractivity contribution is -0.121. The second-order valence-electron chi connectivity index (χ2n) is 5.90. The topological polar surface area (TPSA) is 57.8 Å². The normalized spacial score (nSPS) is 12.2. The number of nitrogens with zero attached hydrogens (tertiary/aromatic N) is 1. The summed E-state index contributed by atoms with van der Waals surface area (Å²) in [4.78, 5) is 20.0. The monoisotopic (exact) mass is 385 g/mol. The molecule has 124 valence electrons. The van der Waals surface area contributed by atoms with Crippen LogP contribution in [0.25, 0.3) is 11.0 Å². The van der Waals surface area contributed by atoms with E-state index in [0.29, 0.717) is 6.42 Å². The minimum Gasteiger partial charge on any atom is -0.350 e. The Morgan fingerprint density at radius 2 is 2.08 bits per heavy atom. The minimum atomic E-state index is 0.00111. The van der Waals surface area contributed by atoms with Crippen LogP contribution in [0, 0.1) is 0 Å². The largest absolute Gasteiger partial charge is 0.350 e. The lowest BCUT2D eigenvalue weighted by Gasteiger charge is -2.14. The lowest BCUT2D eigenvalue weighted by Crippen LogP contribution is -2.26. The summed E-state index contributed by atoms with van der Waals surface area (Å²) in [7, 11) is 0. The van der Waals surface area contributed by atoms with Crippen molar-refractivity contribution in [2.45, 2.75) is 32.2 Å². The number of aromatic nitrogens is 2. The molecule has 24 heavy (non-hydrogen) atoms. The number of H-pyrrole nitrogens is 1. The molecule has 1 amide bonds. The Morgan fingerprint density at radius 1 is 1.25 bits per heavy atom. The molecule has 3 rings (SSSR count). The SMILES string of the molecule is C[C@@H](NC(=O)CCCc1nc2ccccc2[nH]1)c1cccc(Br)c1. The first kappa shape index (κ1) is 16.7. The van der Waals surface area contributed by atoms with E-state index in [9.17, 15) is 4.79 Å². The first-order valence-electron chi connectivity index (χ1n) is 8.10. The quantitative estimate of drug-likeness (QED) is 0.654. The average Bonchev–Trinajstić information content (AvgIpc) is 2.97. The highest BCUT2D eigenvalue weighted by molar-refractivity contribution is 9.10. The molecule has 0 radical (unpaired) electrons. The van der Waals surface area contributed by atoms with Gasteiger partial charge >= 0.3 is 0 Å². The highest BCUT2D eigenvalue weighted by Gasteiger charge is 2.10. The fourth-order valence-corrected chi connectivity index (χ4v) is 3.13. The molecule has 0 bridgehead atoms. The van der Waals surface area contributed by atoms with E-state index in [0.717, 1.165) is 39.7 Å². The van der Waals surface area contributed by atoms with Gasteiger partial charge in [-0.15, -0.1) is 0 Å². The van der Waals surface area contributed by atoms with Crippen LogP contribution in [0.1, 0.15) is 37.2 Å². The van der Waals surface area contributed by atoms with Crippen molar-refractivity contribution in [3.05, 3.63) is 64.4 Å². The van der Waals surface area contributed by atoms with Crippen LogP contribution in [0.5, 0.6) is 0 Å². The Balaban J connectivity index is 1.48. The van der Waals surface area contributed by atoms with Crippen LogP contribution in [-0.2, 0) is 11.2 Å². The van der Waals surface area contributed by atoms with Crippen LogP contribution < -0.4 is 5.32 Å². The smallest absolute Gasteiger partial charge is 0.220 e. The summed E-state index contributed by atoms with van der Waals surface area (Å²) >= 11 is 3.46. The number of fused-ring (bicyclic) bond motifs is 1. The number of carbonyl (C=O) groups excluding carboxylic acids is 1. The Kier molecular flexibility index (Phi) is 5.30. The van der Waals surface area contributed by atoms with Gasteiger partial charge in [-0.2, -0.15) is 0 Å². The van der Waals surface area contributed by atoms with Gasteiger partial charge in [0.15, 0.2) is 0 Å². The van der Waals surface area contributed by atoms with Crippen LogP contribution in [0.3, 0.4) is 0 Å². The van der Waals surface area contributed by atoms with Crippen molar-refractivity contribution in [2.75, 3.05) is 0 Å². The summed E-state index contributed by atoms with van der Waals surface area (Å²) in [6.45, 7) is 2.00. The lowest BCUT2D eigenvalue weighted by atomic mass is 10.1. The second kappa shape index (κ2) is 7.62. The summed E-state index contributed by atoms with van der Waals surface area (Å²) < 4.78 is 1.02. The summed E-state index contributed by atoms with van der Waals surface area (Å²) in [6.07, 6.45) is 2.04. The Labute approximate surface area is 149 Å². The molecule has 0 saturated heterocycles. The number of amides is 1. The number of rotatable bonds is 6. The maximum absolute atomic E-state index is 12.1. The third-order valence-electron chi connectivity index (χ3n) is 3.98. The number of nitrogens with one attached hydrogen (secondary N) is 2. The number of aromatic amines is 1. The van der Waals surface area contributed by atoms with E-state index >= 15 is 0 Å². The first-order chi connectivity index (χ1) is 11.6. The molecular weight excluding hydrogens is 366 g/mol. The van der Waals surface area contributed by atoms with Crippen molar-refractivity contribution in [3.63, 3.8) is 0 Å². The van der Waals surface area contributed by atoms with Gasteiger partial charge < -0.3 is 10.3 Å². The van der Waals surface area contributed by atoms with Crippen molar-refractivity contribution < 1.29 is 4.79 Å². The zero-order valence-corrected chi connectivity index (χ0v) is 15.1. The maximum Gasteiger partial charge on any atom is 0.220 e. The Hall–Kier alpha value is -2.14. The molecule has 1 aromatic heterocycles. The van der Waals surface area contributed by atoms with E-state index in [2.05, 4.69) is 31.2 Å². The van der Waals surface area contributed by atoms with E-state index in [4.69, 9.17) is 0 Å². The van der Waals surface area contributed by atoms with Gasteiger partial charge in [0.1, 0.15) is 5.82 Å². The van der Waals surface area contributed by atoms with Crippen molar-refractivity contribution in [2.24, 2.45) is 0 Å². The third-order valence-corrected chi connectivity index (χ3v) is 4.48. The molecule has 0 spiro atoms. The van der Waals surface area contributed by atoms with Crippen molar-refractivity contribution in [1.29, 1.82) is 0 Å². The Morgan fingerprint density at radius 3 is 2.88 bits per heavy atom. The molecule has 1 atom stereocenters. The summed E-state index contributed by atoms with van der Waals surface area (Å²) in [5.74, 6) is 1.00. The van der Waals surface area contributed by atoms with E-state index in [-0.39, 0.29) is 11.9 Å². The molecule has 0 aliphatic heterocycles. The van der Waals surface area contributed by atoms with E-state index in [1.165, 1.54) is 0 Å². The number of imidazole rings is 1. The van der Waals surface area contributed by atoms with Crippen molar-refractivity contribution >= 4 is 32.9 Å². The van der Waals surface area contributed by atoms with Gasteiger partial charge in [-0.1, -0.05) is 40.2 Å². The number of halogens is 1. The van der Waals surface area contributed by atoms with Gasteiger partial charge in [0.05, 0.1) is 17.1 Å². The molecule has 0 aliphatic carbocycles.